The van der Waals surface area contributed by atoms with Gasteiger partial charge in [0, 0.05) is 18.6 Å². The van der Waals surface area contributed by atoms with Crippen molar-refractivity contribution in [2.45, 2.75) is 75.8 Å². The van der Waals surface area contributed by atoms with E-state index in [0.717, 1.165) is 0 Å². The summed E-state index contributed by atoms with van der Waals surface area (Å²) >= 11 is 0. The van der Waals surface area contributed by atoms with Gasteiger partial charge in [-0.3, -0.25) is 24.4 Å². The molecule has 2 aromatic carbocycles. The molecule has 45 heavy (non-hydrogen) atoms. The number of halogens is 1. The van der Waals surface area contributed by atoms with Crippen LogP contribution in [0.4, 0.5) is 4.39 Å². The number of hydrogen-bond acceptors (Lipinski definition) is 10. The molecule has 13 heteroatoms. The Balaban J connectivity index is 1.66. The van der Waals surface area contributed by atoms with Crippen LogP contribution in [0.2, 0.25) is 0 Å². The summed E-state index contributed by atoms with van der Waals surface area (Å²) < 4.78 is 20.1. The summed E-state index contributed by atoms with van der Waals surface area (Å²) in [5.74, 6) is -3.41. The highest BCUT2D eigenvalue weighted by Crippen LogP contribution is 2.24. The van der Waals surface area contributed by atoms with Gasteiger partial charge in [-0.1, -0.05) is 24.3 Å². The number of esters is 1. The molecule has 0 saturated heterocycles. The van der Waals surface area contributed by atoms with Crippen molar-refractivity contribution >= 4 is 41.4 Å². The van der Waals surface area contributed by atoms with Crippen LogP contribution in [0.1, 0.15) is 55.6 Å². The Morgan fingerprint density at radius 3 is 2.56 bits per heavy atom. The number of aliphatic hydroxyl groups is 1. The third-order valence-electron chi connectivity index (χ3n) is 7.46. The molecule has 2 amide bonds. The minimum atomic E-state index is -1.13. The summed E-state index contributed by atoms with van der Waals surface area (Å²) in [5.41, 5.74) is 12.5. The molecular weight excluding hydrogens is 581 g/mol. The lowest BCUT2D eigenvalue weighted by atomic mass is 9.87. The third kappa shape index (κ3) is 9.95. The summed E-state index contributed by atoms with van der Waals surface area (Å²) in [7, 11) is 0. The number of benzene rings is 2. The minimum Gasteiger partial charge on any atom is -0.459 e. The molecule has 4 rings (SSSR count). The summed E-state index contributed by atoms with van der Waals surface area (Å²) in [6.45, 7) is 3.21. The molecule has 1 aliphatic heterocycles. The van der Waals surface area contributed by atoms with Crippen molar-refractivity contribution in [1.82, 2.24) is 15.3 Å². The summed E-state index contributed by atoms with van der Waals surface area (Å²) in [5, 5.41) is 13.2. The largest absolute Gasteiger partial charge is 0.459 e. The second-order valence-corrected chi connectivity index (χ2v) is 11.8. The molecule has 0 fully saturated rings. The Labute approximate surface area is 260 Å². The number of fused-ring (bicyclic) bond motifs is 1. The lowest BCUT2D eigenvalue weighted by Gasteiger charge is -2.31. The van der Waals surface area contributed by atoms with E-state index in [-0.39, 0.29) is 37.8 Å². The van der Waals surface area contributed by atoms with E-state index >= 15 is 0 Å². The minimum absolute atomic E-state index is 0.00610. The number of carbonyl (C=O) groups excluding carboxylic acids is 3. The van der Waals surface area contributed by atoms with Gasteiger partial charge in [-0.2, -0.15) is 0 Å². The van der Waals surface area contributed by atoms with Gasteiger partial charge in [-0.05, 0) is 69.4 Å². The molecule has 0 bridgehead atoms. The van der Waals surface area contributed by atoms with Crippen LogP contribution in [0, 0.1) is 11.7 Å². The number of rotatable bonds is 15. The van der Waals surface area contributed by atoms with Crippen molar-refractivity contribution in [2.75, 3.05) is 0 Å². The predicted molar refractivity (Wildman–Crippen MR) is 167 cm³/mol. The lowest BCUT2D eigenvalue weighted by Crippen LogP contribution is -2.50. The van der Waals surface area contributed by atoms with Gasteiger partial charge in [0.1, 0.15) is 30.0 Å². The highest BCUT2D eigenvalue weighted by Gasteiger charge is 2.34. The molecule has 5 unspecified atom stereocenters. The van der Waals surface area contributed by atoms with Crippen molar-refractivity contribution in [3.8, 4) is 0 Å². The highest BCUT2D eigenvalue weighted by atomic mass is 19.1. The number of hydrogen-bond donors (Lipinski definition) is 4. The molecular formula is C32H38FN7O5. The van der Waals surface area contributed by atoms with Gasteiger partial charge in [-0.25, -0.2) is 14.4 Å². The second kappa shape index (κ2) is 14.9. The zero-order valence-corrected chi connectivity index (χ0v) is 25.2. The average molecular weight is 620 g/mol. The fourth-order valence-corrected chi connectivity index (χ4v) is 5.00. The number of nitrogens with zero attached hydrogens (tertiary/aromatic N) is 4. The smallest absolute Gasteiger partial charge is 0.323 e. The second-order valence-electron chi connectivity index (χ2n) is 11.8. The number of aromatic nitrogens is 2. The quantitative estimate of drug-likeness (QED) is 0.186. The van der Waals surface area contributed by atoms with E-state index < -0.39 is 59.3 Å². The van der Waals surface area contributed by atoms with E-state index in [9.17, 15) is 23.9 Å². The summed E-state index contributed by atoms with van der Waals surface area (Å²) in [4.78, 5) is 56.2. The van der Waals surface area contributed by atoms with Crippen molar-refractivity contribution < 1.29 is 28.6 Å². The first-order chi connectivity index (χ1) is 21.4. The van der Waals surface area contributed by atoms with Gasteiger partial charge in [0.2, 0.25) is 5.91 Å². The fourth-order valence-electron chi connectivity index (χ4n) is 5.00. The van der Waals surface area contributed by atoms with Crippen LogP contribution in [-0.2, 0) is 20.7 Å². The number of carbonyl (C=O) groups is 3. The van der Waals surface area contributed by atoms with Gasteiger partial charge in [0.15, 0.2) is 0 Å². The van der Waals surface area contributed by atoms with E-state index in [1.54, 1.807) is 50.4 Å². The van der Waals surface area contributed by atoms with Gasteiger partial charge >= 0.3 is 5.97 Å². The molecule has 0 saturated carbocycles. The number of para-hydroxylation sites is 2. The molecule has 238 valence electrons. The standard InChI is InChI=1S/C32H38FN7O5/c1-32(2,44)11-10-20(29(35)41)14-28(45-31(43)23(34)15-22-16-36-18-38-22)26(13-19-6-5-7-21(33)12-19)40-30(42)27-17-37-24-8-3-4-9-25(24)39-27/h3-9,12,16-18,20,22-23,26,28,44H,10-11,13-15,34H2,1-2H3,(H2,35,41)(H,40,42). The van der Waals surface area contributed by atoms with E-state index in [1.807, 2.05) is 0 Å². The van der Waals surface area contributed by atoms with Gasteiger partial charge < -0.3 is 26.6 Å². The Hall–Kier alpha value is -4.62. The highest BCUT2D eigenvalue weighted by molar-refractivity contribution is 5.94. The number of ether oxygens (including phenoxy) is 1. The van der Waals surface area contributed by atoms with Crippen molar-refractivity contribution in [3.05, 3.63) is 71.8 Å². The van der Waals surface area contributed by atoms with Crippen LogP contribution in [0.5, 0.6) is 0 Å². The van der Waals surface area contributed by atoms with Crippen molar-refractivity contribution in [2.24, 2.45) is 27.4 Å². The van der Waals surface area contributed by atoms with Crippen LogP contribution < -0.4 is 16.8 Å². The maximum atomic E-state index is 14.2. The zero-order chi connectivity index (χ0) is 32.6. The van der Waals surface area contributed by atoms with Gasteiger partial charge in [0.05, 0.1) is 34.9 Å². The SMILES string of the molecule is CC(C)(O)CCC(CC(OC(=O)C(N)CC1C=NC=N1)C(Cc1cccc(F)c1)NC(=O)c1cnc2ccccc2n1)C(N)=O. The van der Waals surface area contributed by atoms with E-state index in [1.165, 1.54) is 30.7 Å². The third-order valence-corrected chi connectivity index (χ3v) is 7.46. The van der Waals surface area contributed by atoms with Gasteiger partial charge in [0.25, 0.3) is 5.91 Å². The first-order valence-corrected chi connectivity index (χ1v) is 14.7. The van der Waals surface area contributed by atoms with Gasteiger partial charge in [-0.15, -0.1) is 0 Å². The molecule has 3 aromatic rings. The van der Waals surface area contributed by atoms with Crippen LogP contribution in [0.25, 0.3) is 11.0 Å². The Kier molecular flexibility index (Phi) is 11.0. The predicted octanol–water partition coefficient (Wildman–Crippen LogP) is 2.26. The molecule has 1 aliphatic rings. The first kappa shape index (κ1) is 33.3. The molecule has 2 heterocycles. The topological polar surface area (TPSA) is 195 Å². The average Bonchev–Trinajstić information content (AvgIpc) is 3.50. The van der Waals surface area contributed by atoms with Crippen LogP contribution in [0.15, 0.2) is 64.7 Å². The van der Waals surface area contributed by atoms with E-state index in [2.05, 4.69) is 25.3 Å². The Morgan fingerprint density at radius 2 is 1.89 bits per heavy atom. The maximum absolute atomic E-state index is 14.2. The first-order valence-electron chi connectivity index (χ1n) is 14.7. The van der Waals surface area contributed by atoms with E-state index in [4.69, 9.17) is 16.2 Å². The maximum Gasteiger partial charge on any atom is 0.323 e. The Bertz CT molecular complexity index is 1560. The molecule has 5 atom stereocenters. The number of nitrogens with one attached hydrogen (secondary N) is 1. The van der Waals surface area contributed by atoms with Crippen LogP contribution >= 0.6 is 0 Å². The zero-order valence-electron chi connectivity index (χ0n) is 25.2. The number of aliphatic imine (C=N–C) groups is 2. The molecule has 6 N–H and O–H groups in total. The summed E-state index contributed by atoms with van der Waals surface area (Å²) in [6.07, 6.45) is 3.57. The molecule has 12 nitrogen and oxygen atoms in total. The van der Waals surface area contributed by atoms with E-state index in [0.29, 0.717) is 16.6 Å². The molecule has 1 aromatic heterocycles. The lowest BCUT2D eigenvalue weighted by molar-refractivity contribution is -0.154. The number of amides is 2. The number of nitrogens with two attached hydrogens (primary N) is 2. The monoisotopic (exact) mass is 619 g/mol. The van der Waals surface area contributed by atoms with Crippen LogP contribution in [-0.4, -0.2) is 75.2 Å². The normalized spacial score (nSPS) is 17.0. The molecule has 0 radical (unpaired) electrons. The van der Waals surface area contributed by atoms with Crippen molar-refractivity contribution in [3.63, 3.8) is 0 Å². The number of primary amides is 1. The fraction of sp³-hybridized carbons (Fsp3) is 0.406. The molecule has 0 spiro atoms. The summed E-state index contributed by atoms with van der Waals surface area (Å²) in [6, 6.07) is 10.4. The molecule has 0 aliphatic carbocycles. The van der Waals surface area contributed by atoms with Crippen LogP contribution in [0.3, 0.4) is 0 Å². The Morgan fingerprint density at radius 1 is 1.13 bits per heavy atom. The van der Waals surface area contributed by atoms with Crippen molar-refractivity contribution in [1.29, 1.82) is 0 Å².